The molecule has 1 amide bonds. The fourth-order valence-corrected chi connectivity index (χ4v) is 5.78. The van der Waals surface area contributed by atoms with Gasteiger partial charge in [0.25, 0.3) is 26.0 Å². The molecule has 10 nitrogen and oxygen atoms in total. The van der Waals surface area contributed by atoms with Crippen molar-refractivity contribution in [3.05, 3.63) is 82.3 Å². The SMILES string of the molecule is CCC(Nc1cccc(S(=O)(=O)Nc2ccc(Cl)cc2)c1C(=O)[O-])C(=O)NS(=O)(=O)c1ccc(Cl)cc1. The molecule has 1 atom stereocenters. The molecule has 0 saturated heterocycles. The van der Waals surface area contributed by atoms with E-state index in [0.717, 1.165) is 6.07 Å². The van der Waals surface area contributed by atoms with Crippen molar-refractivity contribution < 1.29 is 31.5 Å². The number of halogens is 2. The van der Waals surface area contributed by atoms with Crippen LogP contribution in [0.1, 0.15) is 23.7 Å². The number of aromatic carboxylic acids is 1. The molecule has 0 heterocycles. The highest BCUT2D eigenvalue weighted by Crippen LogP contribution is 2.27. The standard InChI is InChI=1S/C23H21Cl2N3O7S2/c1-2-18(22(29)28-36(32,33)17-12-8-15(25)9-13-17)26-19-4-3-5-20(21(19)23(30)31)37(34,35)27-16-10-6-14(24)7-11-16/h3-13,18,26-27H,2H2,1H3,(H,28,29)(H,30,31)/p-1. The second-order valence-electron chi connectivity index (χ2n) is 7.61. The Bertz CT molecular complexity index is 1530. The van der Waals surface area contributed by atoms with E-state index in [4.69, 9.17) is 23.2 Å². The number of amides is 1. The summed E-state index contributed by atoms with van der Waals surface area (Å²) < 4.78 is 55.3. The molecule has 0 spiro atoms. The van der Waals surface area contributed by atoms with Crippen LogP contribution in [0, 0.1) is 0 Å². The van der Waals surface area contributed by atoms with Crippen LogP contribution in [-0.2, 0) is 24.8 Å². The second-order valence-corrected chi connectivity index (χ2v) is 11.8. The van der Waals surface area contributed by atoms with Crippen molar-refractivity contribution in [1.29, 1.82) is 0 Å². The van der Waals surface area contributed by atoms with Gasteiger partial charge in [-0.2, -0.15) is 0 Å². The van der Waals surface area contributed by atoms with Gasteiger partial charge in [0.15, 0.2) is 0 Å². The number of nitrogens with one attached hydrogen (secondary N) is 3. The summed E-state index contributed by atoms with van der Waals surface area (Å²) in [5.74, 6) is -2.82. The Morgan fingerprint density at radius 2 is 1.43 bits per heavy atom. The van der Waals surface area contributed by atoms with Crippen molar-refractivity contribution in [2.24, 2.45) is 0 Å². The third-order valence-corrected chi connectivity index (χ3v) is 8.32. The lowest BCUT2D eigenvalue weighted by molar-refractivity contribution is -0.255. The average Bonchev–Trinajstić information content (AvgIpc) is 2.83. The molecule has 0 aromatic heterocycles. The van der Waals surface area contributed by atoms with E-state index in [-0.39, 0.29) is 22.7 Å². The van der Waals surface area contributed by atoms with Crippen LogP contribution in [0.15, 0.2) is 76.5 Å². The van der Waals surface area contributed by atoms with Gasteiger partial charge in [-0.25, -0.2) is 21.6 Å². The maximum atomic E-state index is 13.0. The summed E-state index contributed by atoms with van der Waals surface area (Å²) >= 11 is 11.6. The summed E-state index contributed by atoms with van der Waals surface area (Å²) in [5.41, 5.74) is -0.870. The molecule has 1 unspecified atom stereocenters. The van der Waals surface area contributed by atoms with Gasteiger partial charge >= 0.3 is 0 Å². The largest absolute Gasteiger partial charge is 0.545 e. The topological polar surface area (TPSA) is 162 Å². The Kier molecular flexibility index (Phi) is 8.69. The number of carbonyl (C=O) groups is 2. The van der Waals surface area contributed by atoms with Gasteiger partial charge in [0.2, 0.25) is 0 Å². The summed E-state index contributed by atoms with van der Waals surface area (Å²) in [4.78, 5) is 23.9. The fraction of sp³-hybridized carbons (Fsp3) is 0.130. The van der Waals surface area contributed by atoms with Crippen LogP contribution in [0.3, 0.4) is 0 Å². The molecule has 3 N–H and O–H groups in total. The number of benzene rings is 3. The maximum Gasteiger partial charge on any atom is 0.264 e. The van der Waals surface area contributed by atoms with Crippen LogP contribution in [0.5, 0.6) is 0 Å². The first kappa shape index (κ1) is 28.3. The second kappa shape index (κ2) is 11.4. The molecule has 0 radical (unpaired) electrons. The van der Waals surface area contributed by atoms with Crippen molar-refractivity contribution in [2.45, 2.75) is 29.2 Å². The molecule has 0 aliphatic carbocycles. The summed E-state index contributed by atoms with van der Waals surface area (Å²) in [6.07, 6.45) is 0.0223. The van der Waals surface area contributed by atoms with Crippen LogP contribution >= 0.6 is 23.2 Å². The van der Waals surface area contributed by atoms with Crippen LogP contribution in [0.4, 0.5) is 11.4 Å². The summed E-state index contributed by atoms with van der Waals surface area (Å²) in [6.45, 7) is 1.55. The van der Waals surface area contributed by atoms with E-state index in [2.05, 4.69) is 10.0 Å². The molecule has 14 heteroatoms. The first-order valence-corrected chi connectivity index (χ1v) is 14.3. The summed E-state index contributed by atoms with van der Waals surface area (Å²) in [7, 11) is -8.68. The monoisotopic (exact) mass is 584 g/mol. The lowest BCUT2D eigenvalue weighted by Gasteiger charge is -2.22. The predicted molar refractivity (Wildman–Crippen MR) is 138 cm³/mol. The average molecular weight is 585 g/mol. The Morgan fingerprint density at radius 3 is 1.97 bits per heavy atom. The fourth-order valence-electron chi connectivity index (χ4n) is 3.23. The molecule has 0 aliphatic heterocycles. The van der Waals surface area contributed by atoms with Crippen molar-refractivity contribution in [3.63, 3.8) is 0 Å². The number of carboxylic acid groups (broad SMARTS) is 1. The smallest absolute Gasteiger partial charge is 0.264 e. The molecule has 3 rings (SSSR count). The van der Waals surface area contributed by atoms with Gasteiger partial charge in [0.05, 0.1) is 15.8 Å². The summed E-state index contributed by atoms with van der Waals surface area (Å²) in [5, 5.41) is 15.3. The molecule has 0 bridgehead atoms. The van der Waals surface area contributed by atoms with Gasteiger partial charge in [-0.05, 0) is 67.1 Å². The zero-order chi connectivity index (χ0) is 27.4. The van der Waals surface area contributed by atoms with Crippen LogP contribution in [0.2, 0.25) is 10.0 Å². The van der Waals surface area contributed by atoms with Crippen LogP contribution in [0.25, 0.3) is 0 Å². The first-order chi connectivity index (χ1) is 17.3. The first-order valence-electron chi connectivity index (χ1n) is 10.6. The van der Waals surface area contributed by atoms with Gasteiger partial charge in [-0.15, -0.1) is 0 Å². The molecular weight excluding hydrogens is 565 g/mol. The molecule has 37 heavy (non-hydrogen) atoms. The van der Waals surface area contributed by atoms with E-state index in [1.54, 1.807) is 6.92 Å². The normalized spacial score (nSPS) is 12.4. The van der Waals surface area contributed by atoms with Crippen LogP contribution in [-0.4, -0.2) is 34.8 Å². The molecular formula is C23H20Cl2N3O7S2-. The number of carboxylic acids is 1. The third-order valence-electron chi connectivity index (χ3n) is 5.03. The van der Waals surface area contributed by atoms with Crippen molar-refractivity contribution >= 4 is 66.5 Å². The summed E-state index contributed by atoms with van der Waals surface area (Å²) in [6, 6.07) is 13.1. The van der Waals surface area contributed by atoms with E-state index in [1.165, 1.54) is 60.7 Å². The molecule has 0 aliphatic rings. The van der Waals surface area contributed by atoms with Gasteiger partial charge < -0.3 is 15.2 Å². The Hall–Kier alpha value is -3.32. The highest BCUT2D eigenvalue weighted by molar-refractivity contribution is 7.92. The minimum atomic E-state index is -4.42. The number of carbonyl (C=O) groups excluding carboxylic acids is 2. The lowest BCUT2D eigenvalue weighted by Crippen LogP contribution is -2.42. The van der Waals surface area contributed by atoms with Gasteiger partial charge in [0, 0.05) is 27.0 Å². The predicted octanol–water partition coefficient (Wildman–Crippen LogP) is 2.85. The Balaban J connectivity index is 1.90. The van der Waals surface area contributed by atoms with E-state index in [9.17, 15) is 31.5 Å². The minimum Gasteiger partial charge on any atom is -0.545 e. The molecule has 0 fully saturated rings. The number of hydrogen-bond donors (Lipinski definition) is 3. The highest BCUT2D eigenvalue weighted by Gasteiger charge is 2.27. The zero-order valence-electron chi connectivity index (χ0n) is 19.1. The number of rotatable bonds is 10. The van der Waals surface area contributed by atoms with E-state index >= 15 is 0 Å². The van der Waals surface area contributed by atoms with Gasteiger partial charge in [-0.1, -0.05) is 36.2 Å². The zero-order valence-corrected chi connectivity index (χ0v) is 22.2. The maximum absolute atomic E-state index is 13.0. The minimum absolute atomic E-state index is 0.0223. The van der Waals surface area contributed by atoms with Crippen LogP contribution < -0.4 is 19.9 Å². The molecule has 0 saturated carbocycles. The van der Waals surface area contributed by atoms with Crippen molar-refractivity contribution in [3.8, 4) is 0 Å². The molecule has 196 valence electrons. The Labute approximate surface area is 223 Å². The Morgan fingerprint density at radius 1 is 0.865 bits per heavy atom. The van der Waals surface area contributed by atoms with E-state index in [0.29, 0.717) is 10.0 Å². The molecule has 3 aromatic carbocycles. The van der Waals surface area contributed by atoms with Crippen molar-refractivity contribution in [1.82, 2.24) is 4.72 Å². The lowest BCUT2D eigenvalue weighted by atomic mass is 10.1. The van der Waals surface area contributed by atoms with E-state index in [1.807, 2.05) is 4.72 Å². The van der Waals surface area contributed by atoms with E-state index < -0.39 is 48.4 Å². The number of anilines is 2. The highest BCUT2D eigenvalue weighted by atomic mass is 35.5. The number of sulfonamides is 2. The van der Waals surface area contributed by atoms with Crippen molar-refractivity contribution in [2.75, 3.05) is 10.0 Å². The van der Waals surface area contributed by atoms with Gasteiger partial charge in [0.1, 0.15) is 6.04 Å². The third kappa shape index (κ3) is 6.92. The molecule has 3 aromatic rings. The number of hydrogen-bond acceptors (Lipinski definition) is 8. The van der Waals surface area contributed by atoms with Gasteiger partial charge in [-0.3, -0.25) is 9.52 Å². The quantitative estimate of drug-likeness (QED) is 0.327.